The molecule has 0 aliphatic heterocycles. The van der Waals surface area contributed by atoms with Crippen molar-refractivity contribution >= 4 is 21.8 Å². The highest BCUT2D eigenvalue weighted by molar-refractivity contribution is 9.10. The normalized spacial score (nSPS) is 10.7. The van der Waals surface area contributed by atoms with Crippen molar-refractivity contribution in [1.29, 1.82) is 0 Å². The van der Waals surface area contributed by atoms with Crippen molar-refractivity contribution in [2.24, 2.45) is 0 Å². The summed E-state index contributed by atoms with van der Waals surface area (Å²) in [7, 11) is 0. The van der Waals surface area contributed by atoms with E-state index in [2.05, 4.69) is 29.8 Å². The zero-order valence-corrected chi connectivity index (χ0v) is 14.6. The zero-order valence-electron chi connectivity index (χ0n) is 13.0. The second kappa shape index (κ2) is 9.93. The van der Waals surface area contributed by atoms with Crippen LogP contribution in [0.3, 0.4) is 0 Å². The summed E-state index contributed by atoms with van der Waals surface area (Å²) >= 11 is 3.30. The average molecular weight is 358 g/mol. The summed E-state index contributed by atoms with van der Waals surface area (Å²) in [6.45, 7) is 5.69. The molecular weight excluding hydrogens is 333 g/mol. The maximum Gasteiger partial charge on any atom is 0.256 e. The molecule has 118 valence electrons. The second-order valence-corrected chi connectivity index (χ2v) is 6.25. The Hall–Kier alpha value is -0.900. The molecule has 0 saturated heterocycles. The fraction of sp³-hybridized carbons (Fsp3) is 0.588. The molecule has 0 spiro atoms. The van der Waals surface area contributed by atoms with Gasteiger partial charge in [-0.2, -0.15) is 0 Å². The highest BCUT2D eigenvalue weighted by atomic mass is 79.9. The first-order chi connectivity index (χ1) is 10.1. The van der Waals surface area contributed by atoms with Crippen LogP contribution in [0, 0.1) is 5.82 Å². The Kier molecular flexibility index (Phi) is 8.58. The second-order valence-electron chi connectivity index (χ2n) is 5.33. The quantitative estimate of drug-likeness (QED) is 0.541. The minimum absolute atomic E-state index is 0.164. The Bertz CT molecular complexity index is 440. The van der Waals surface area contributed by atoms with E-state index in [1.54, 1.807) is 17.0 Å². The third-order valence-electron chi connectivity index (χ3n) is 3.51. The number of unbranched alkanes of at least 4 members (excludes halogenated alkanes) is 4. The van der Waals surface area contributed by atoms with E-state index in [0.29, 0.717) is 13.1 Å². The third kappa shape index (κ3) is 6.16. The number of hydrogen-bond donors (Lipinski definition) is 0. The first-order valence-corrected chi connectivity index (χ1v) is 8.63. The maximum atomic E-state index is 13.9. The van der Waals surface area contributed by atoms with E-state index >= 15 is 0 Å². The monoisotopic (exact) mass is 357 g/mol. The van der Waals surface area contributed by atoms with Gasteiger partial charge in [0, 0.05) is 17.6 Å². The Morgan fingerprint density at radius 3 is 2.19 bits per heavy atom. The number of carbonyl (C=O) groups is 1. The van der Waals surface area contributed by atoms with E-state index < -0.39 is 5.82 Å². The van der Waals surface area contributed by atoms with Gasteiger partial charge >= 0.3 is 0 Å². The van der Waals surface area contributed by atoms with Gasteiger partial charge in [0.2, 0.25) is 0 Å². The smallest absolute Gasteiger partial charge is 0.256 e. The van der Waals surface area contributed by atoms with Crippen molar-refractivity contribution in [3.05, 3.63) is 34.1 Å². The van der Waals surface area contributed by atoms with Crippen LogP contribution in [0.4, 0.5) is 4.39 Å². The van der Waals surface area contributed by atoms with Crippen LogP contribution < -0.4 is 0 Å². The lowest BCUT2D eigenvalue weighted by molar-refractivity contribution is 0.0745. The van der Waals surface area contributed by atoms with Gasteiger partial charge in [-0.1, -0.05) is 55.5 Å². The largest absolute Gasteiger partial charge is 0.339 e. The SMILES string of the molecule is CCCCCN(CCCCC)C(=O)c1cc(Br)ccc1F. The number of nitrogens with zero attached hydrogens (tertiary/aromatic N) is 1. The number of benzene rings is 1. The predicted octanol–water partition coefficient (Wildman–Crippen LogP) is 5.41. The molecule has 0 heterocycles. The Morgan fingerprint density at radius 1 is 1.10 bits per heavy atom. The van der Waals surface area contributed by atoms with Crippen LogP contribution in [0.2, 0.25) is 0 Å². The summed E-state index contributed by atoms with van der Waals surface area (Å²) in [5, 5.41) is 0. The van der Waals surface area contributed by atoms with Gasteiger partial charge in [-0.25, -0.2) is 4.39 Å². The van der Waals surface area contributed by atoms with Crippen molar-refractivity contribution in [3.63, 3.8) is 0 Å². The third-order valence-corrected chi connectivity index (χ3v) is 4.00. The molecule has 2 nitrogen and oxygen atoms in total. The van der Waals surface area contributed by atoms with Crippen molar-refractivity contribution in [2.75, 3.05) is 13.1 Å². The van der Waals surface area contributed by atoms with Crippen molar-refractivity contribution in [3.8, 4) is 0 Å². The van der Waals surface area contributed by atoms with E-state index in [0.717, 1.165) is 43.0 Å². The van der Waals surface area contributed by atoms with Crippen LogP contribution in [0.25, 0.3) is 0 Å². The van der Waals surface area contributed by atoms with Crippen molar-refractivity contribution in [2.45, 2.75) is 52.4 Å². The van der Waals surface area contributed by atoms with Crippen LogP contribution >= 0.6 is 15.9 Å². The van der Waals surface area contributed by atoms with Gasteiger partial charge in [0.1, 0.15) is 5.82 Å². The molecule has 0 bridgehead atoms. The van der Waals surface area contributed by atoms with E-state index in [1.807, 2.05) is 0 Å². The van der Waals surface area contributed by atoms with Crippen LogP contribution in [-0.4, -0.2) is 23.9 Å². The maximum absolute atomic E-state index is 13.9. The number of hydrogen-bond acceptors (Lipinski definition) is 1. The lowest BCUT2D eigenvalue weighted by Crippen LogP contribution is -2.33. The zero-order chi connectivity index (χ0) is 15.7. The molecule has 0 N–H and O–H groups in total. The minimum Gasteiger partial charge on any atom is -0.339 e. The summed E-state index contributed by atoms with van der Waals surface area (Å²) in [6, 6.07) is 4.53. The summed E-state index contributed by atoms with van der Waals surface area (Å²) in [5.74, 6) is -0.639. The molecule has 0 aliphatic carbocycles. The van der Waals surface area contributed by atoms with E-state index in [-0.39, 0.29) is 11.5 Å². The van der Waals surface area contributed by atoms with Gasteiger partial charge in [-0.15, -0.1) is 0 Å². The van der Waals surface area contributed by atoms with Gasteiger partial charge < -0.3 is 4.90 Å². The minimum atomic E-state index is -0.445. The number of carbonyl (C=O) groups excluding carboxylic acids is 1. The highest BCUT2D eigenvalue weighted by Gasteiger charge is 2.19. The van der Waals surface area contributed by atoms with Gasteiger partial charge in [0.05, 0.1) is 5.56 Å². The fourth-order valence-corrected chi connectivity index (χ4v) is 2.61. The van der Waals surface area contributed by atoms with Gasteiger partial charge in [0.15, 0.2) is 0 Å². The topological polar surface area (TPSA) is 20.3 Å². The van der Waals surface area contributed by atoms with Gasteiger partial charge in [-0.05, 0) is 31.0 Å². The number of amides is 1. The van der Waals surface area contributed by atoms with Gasteiger partial charge in [0.25, 0.3) is 5.91 Å². The molecule has 0 saturated carbocycles. The average Bonchev–Trinajstić information content (AvgIpc) is 2.48. The molecule has 0 fully saturated rings. The summed E-state index contributed by atoms with van der Waals surface area (Å²) < 4.78 is 14.6. The van der Waals surface area contributed by atoms with E-state index in [1.165, 1.54) is 6.07 Å². The summed E-state index contributed by atoms with van der Waals surface area (Å²) in [6.07, 6.45) is 6.37. The standard InChI is InChI=1S/C17H25BrFNO/c1-3-5-7-11-20(12-8-6-4-2)17(21)15-13-14(18)9-10-16(15)19/h9-10,13H,3-8,11-12H2,1-2H3. The Balaban J connectivity index is 2.79. The van der Waals surface area contributed by atoms with E-state index in [4.69, 9.17) is 0 Å². The van der Waals surface area contributed by atoms with Crippen LogP contribution in [0.15, 0.2) is 22.7 Å². The Morgan fingerprint density at radius 2 is 1.67 bits per heavy atom. The first-order valence-electron chi connectivity index (χ1n) is 7.84. The highest BCUT2D eigenvalue weighted by Crippen LogP contribution is 2.18. The van der Waals surface area contributed by atoms with Crippen LogP contribution in [0.1, 0.15) is 62.7 Å². The molecule has 1 aromatic carbocycles. The van der Waals surface area contributed by atoms with Crippen molar-refractivity contribution in [1.82, 2.24) is 4.90 Å². The Labute approximate surface area is 135 Å². The molecule has 1 amide bonds. The molecule has 0 radical (unpaired) electrons. The molecule has 0 aliphatic rings. The lowest BCUT2D eigenvalue weighted by Gasteiger charge is -2.23. The first kappa shape index (κ1) is 18.1. The van der Waals surface area contributed by atoms with Crippen molar-refractivity contribution < 1.29 is 9.18 Å². The van der Waals surface area contributed by atoms with Crippen LogP contribution in [0.5, 0.6) is 0 Å². The lowest BCUT2D eigenvalue weighted by atomic mass is 10.1. The van der Waals surface area contributed by atoms with Crippen LogP contribution in [-0.2, 0) is 0 Å². The van der Waals surface area contributed by atoms with Gasteiger partial charge in [-0.3, -0.25) is 4.79 Å². The summed E-state index contributed by atoms with van der Waals surface area (Å²) in [4.78, 5) is 14.4. The molecule has 0 atom stereocenters. The molecule has 4 heteroatoms. The molecule has 21 heavy (non-hydrogen) atoms. The van der Waals surface area contributed by atoms with E-state index in [9.17, 15) is 9.18 Å². The molecular formula is C17H25BrFNO. The predicted molar refractivity (Wildman–Crippen MR) is 89.1 cm³/mol. The number of rotatable bonds is 9. The molecule has 1 aromatic rings. The number of halogens is 2. The molecule has 0 unspecified atom stereocenters. The molecule has 0 aromatic heterocycles. The fourth-order valence-electron chi connectivity index (χ4n) is 2.25. The summed E-state index contributed by atoms with van der Waals surface area (Å²) in [5.41, 5.74) is 0.164. The molecule has 1 rings (SSSR count).